The molecule has 1 rings (SSSR count). The maximum absolute atomic E-state index is 13.1. The summed E-state index contributed by atoms with van der Waals surface area (Å²) in [5, 5.41) is 6.44. The van der Waals surface area contributed by atoms with E-state index in [1.165, 1.54) is 6.07 Å². The predicted molar refractivity (Wildman–Crippen MR) is 105 cm³/mol. The van der Waals surface area contributed by atoms with E-state index in [-0.39, 0.29) is 29.8 Å². The van der Waals surface area contributed by atoms with Crippen molar-refractivity contribution < 1.29 is 9.13 Å². The summed E-state index contributed by atoms with van der Waals surface area (Å²) in [7, 11) is 0. The van der Waals surface area contributed by atoms with Gasteiger partial charge in [0.25, 0.3) is 0 Å². The van der Waals surface area contributed by atoms with Crippen LogP contribution in [0.4, 0.5) is 4.39 Å². The zero-order valence-electron chi connectivity index (χ0n) is 14.1. The van der Waals surface area contributed by atoms with Gasteiger partial charge >= 0.3 is 0 Å². The zero-order valence-corrected chi connectivity index (χ0v) is 16.4. The topological polar surface area (TPSA) is 45.6 Å². The summed E-state index contributed by atoms with van der Waals surface area (Å²) in [5.41, 5.74) is 0.978. The highest BCUT2D eigenvalue weighted by Crippen LogP contribution is 2.03. The van der Waals surface area contributed by atoms with E-state index in [4.69, 9.17) is 4.74 Å². The van der Waals surface area contributed by atoms with Crippen LogP contribution >= 0.6 is 24.0 Å². The second-order valence-corrected chi connectivity index (χ2v) is 5.03. The third-order valence-electron chi connectivity index (χ3n) is 3.09. The van der Waals surface area contributed by atoms with Crippen molar-refractivity contribution in [2.45, 2.75) is 33.1 Å². The molecule has 0 fully saturated rings. The molecule has 0 saturated heterocycles. The van der Waals surface area contributed by atoms with Gasteiger partial charge in [-0.25, -0.2) is 4.39 Å². The lowest BCUT2D eigenvalue weighted by Crippen LogP contribution is -2.38. The average Bonchev–Trinajstić information content (AvgIpc) is 2.51. The largest absolute Gasteiger partial charge is 0.380 e. The van der Waals surface area contributed by atoms with Gasteiger partial charge in [0.05, 0.1) is 13.2 Å². The third-order valence-corrected chi connectivity index (χ3v) is 3.09. The second-order valence-electron chi connectivity index (χ2n) is 5.03. The average molecular weight is 437 g/mol. The highest BCUT2D eigenvalue weighted by molar-refractivity contribution is 14.0. The quantitative estimate of drug-likeness (QED) is 0.256. The summed E-state index contributed by atoms with van der Waals surface area (Å²) < 4.78 is 18.6. The first-order valence-corrected chi connectivity index (χ1v) is 8.10. The normalized spacial score (nSPS) is 11.0. The van der Waals surface area contributed by atoms with Crippen LogP contribution < -0.4 is 10.6 Å². The molecular formula is C17H29FIN3O. The highest BCUT2D eigenvalue weighted by Gasteiger charge is 1.99. The summed E-state index contributed by atoms with van der Waals surface area (Å²) in [4.78, 5) is 4.46. The predicted octanol–water partition coefficient (Wildman–Crippen LogP) is 3.36. The summed E-state index contributed by atoms with van der Waals surface area (Å²) in [6.45, 7) is 7.78. The summed E-state index contributed by atoms with van der Waals surface area (Å²) in [5.74, 6) is 0.584. The second kappa shape index (κ2) is 14.7. The van der Waals surface area contributed by atoms with Crippen molar-refractivity contribution in [2.24, 2.45) is 4.99 Å². The van der Waals surface area contributed by atoms with Crippen molar-refractivity contribution in [3.63, 3.8) is 0 Å². The molecule has 0 atom stereocenters. The first kappa shape index (κ1) is 22.1. The molecule has 0 unspecified atom stereocenters. The summed E-state index contributed by atoms with van der Waals surface area (Å²) in [6, 6.07) is 6.68. The minimum Gasteiger partial charge on any atom is -0.380 e. The molecule has 23 heavy (non-hydrogen) atoms. The molecule has 0 spiro atoms. The fraction of sp³-hybridized carbons (Fsp3) is 0.588. The monoisotopic (exact) mass is 437 g/mol. The minimum absolute atomic E-state index is 0. The molecule has 0 aliphatic carbocycles. The first-order chi connectivity index (χ1) is 10.8. The molecular weight excluding hydrogens is 408 g/mol. The van der Waals surface area contributed by atoms with Crippen LogP contribution in [0.2, 0.25) is 0 Å². The van der Waals surface area contributed by atoms with E-state index in [1.807, 2.05) is 13.0 Å². The Labute approximate surface area is 156 Å². The number of halogens is 2. The van der Waals surface area contributed by atoms with Gasteiger partial charge in [0, 0.05) is 19.7 Å². The van der Waals surface area contributed by atoms with Crippen molar-refractivity contribution in [2.75, 3.05) is 32.8 Å². The van der Waals surface area contributed by atoms with Crippen molar-refractivity contribution in [1.29, 1.82) is 0 Å². The van der Waals surface area contributed by atoms with E-state index in [0.29, 0.717) is 19.7 Å². The van der Waals surface area contributed by atoms with Gasteiger partial charge in [-0.3, -0.25) is 4.99 Å². The number of aliphatic imine (C=N–C) groups is 1. The van der Waals surface area contributed by atoms with Gasteiger partial charge in [-0.15, -0.1) is 24.0 Å². The number of hydrogen-bond acceptors (Lipinski definition) is 2. The Bertz CT molecular complexity index is 444. The first-order valence-electron chi connectivity index (χ1n) is 8.10. The summed E-state index contributed by atoms with van der Waals surface area (Å²) in [6.07, 6.45) is 3.00. The molecule has 0 heterocycles. The third kappa shape index (κ3) is 11.3. The fourth-order valence-corrected chi connectivity index (χ4v) is 1.93. The van der Waals surface area contributed by atoms with Gasteiger partial charge in [-0.2, -0.15) is 0 Å². The molecule has 6 heteroatoms. The lowest BCUT2D eigenvalue weighted by Gasteiger charge is -2.11. The number of unbranched alkanes of at least 4 members (excludes halogenated alkanes) is 1. The number of nitrogens with one attached hydrogen (secondary N) is 2. The molecule has 4 nitrogen and oxygen atoms in total. The van der Waals surface area contributed by atoms with E-state index in [9.17, 15) is 4.39 Å². The van der Waals surface area contributed by atoms with Gasteiger partial charge in [0.1, 0.15) is 5.82 Å². The Morgan fingerprint density at radius 1 is 1.22 bits per heavy atom. The molecule has 0 radical (unpaired) electrons. The van der Waals surface area contributed by atoms with Gasteiger partial charge < -0.3 is 15.4 Å². The van der Waals surface area contributed by atoms with E-state index in [2.05, 4.69) is 22.5 Å². The van der Waals surface area contributed by atoms with Crippen molar-refractivity contribution in [3.8, 4) is 0 Å². The Hall–Kier alpha value is -0.890. The Balaban J connectivity index is 0.00000484. The fourth-order valence-electron chi connectivity index (χ4n) is 1.93. The number of guanidine groups is 1. The molecule has 132 valence electrons. The number of benzene rings is 1. The van der Waals surface area contributed by atoms with Gasteiger partial charge in [0.2, 0.25) is 0 Å². The van der Waals surface area contributed by atoms with Crippen molar-refractivity contribution in [3.05, 3.63) is 35.6 Å². The minimum atomic E-state index is -0.192. The van der Waals surface area contributed by atoms with E-state index in [0.717, 1.165) is 43.9 Å². The SMILES string of the molecule is CCCCOCCN=C(NCC)NCCc1cccc(F)c1.I. The molecule has 0 aromatic heterocycles. The maximum atomic E-state index is 13.1. The Morgan fingerprint density at radius 3 is 2.74 bits per heavy atom. The lowest BCUT2D eigenvalue weighted by molar-refractivity contribution is 0.139. The van der Waals surface area contributed by atoms with Crippen LogP contribution in [-0.4, -0.2) is 38.8 Å². The maximum Gasteiger partial charge on any atom is 0.191 e. The van der Waals surface area contributed by atoms with Crippen LogP contribution in [0.3, 0.4) is 0 Å². The highest BCUT2D eigenvalue weighted by atomic mass is 127. The molecule has 0 aliphatic heterocycles. The molecule has 0 aliphatic rings. The lowest BCUT2D eigenvalue weighted by atomic mass is 10.1. The molecule has 1 aromatic carbocycles. The van der Waals surface area contributed by atoms with Gasteiger partial charge in [-0.05, 0) is 37.5 Å². The van der Waals surface area contributed by atoms with Gasteiger partial charge in [0.15, 0.2) is 5.96 Å². The number of hydrogen-bond donors (Lipinski definition) is 2. The van der Waals surface area contributed by atoms with Crippen LogP contribution in [0.5, 0.6) is 0 Å². The Morgan fingerprint density at radius 2 is 2.04 bits per heavy atom. The zero-order chi connectivity index (χ0) is 16.0. The van der Waals surface area contributed by atoms with Crippen molar-refractivity contribution >= 4 is 29.9 Å². The van der Waals surface area contributed by atoms with Crippen LogP contribution in [0, 0.1) is 5.82 Å². The molecule has 0 amide bonds. The van der Waals surface area contributed by atoms with Crippen LogP contribution in [0.1, 0.15) is 32.3 Å². The van der Waals surface area contributed by atoms with Gasteiger partial charge in [-0.1, -0.05) is 25.5 Å². The molecule has 2 N–H and O–H groups in total. The smallest absolute Gasteiger partial charge is 0.191 e. The van der Waals surface area contributed by atoms with Crippen LogP contribution in [0.15, 0.2) is 29.3 Å². The van der Waals surface area contributed by atoms with Crippen molar-refractivity contribution in [1.82, 2.24) is 10.6 Å². The van der Waals surface area contributed by atoms with E-state index in [1.54, 1.807) is 12.1 Å². The molecule has 1 aromatic rings. The Kier molecular flexibility index (Phi) is 14.1. The molecule has 0 bridgehead atoms. The van der Waals surface area contributed by atoms with E-state index < -0.39 is 0 Å². The number of rotatable bonds is 10. The number of nitrogens with zero attached hydrogens (tertiary/aromatic N) is 1. The number of ether oxygens (including phenoxy) is 1. The summed E-state index contributed by atoms with van der Waals surface area (Å²) >= 11 is 0. The van der Waals surface area contributed by atoms with E-state index >= 15 is 0 Å². The standard InChI is InChI=1S/C17H28FN3O.HI/c1-3-5-12-22-13-11-21-17(19-4-2)20-10-9-15-7-6-8-16(18)14-15;/h6-8,14H,3-5,9-13H2,1-2H3,(H2,19,20,21);1H. The molecule has 0 saturated carbocycles. The van der Waals surface area contributed by atoms with Crippen LogP contribution in [-0.2, 0) is 11.2 Å². The van der Waals surface area contributed by atoms with Crippen LogP contribution in [0.25, 0.3) is 0 Å².